The molecule has 0 bridgehead atoms. The highest BCUT2D eigenvalue weighted by Crippen LogP contribution is 2.18. The van der Waals surface area contributed by atoms with E-state index in [1.54, 1.807) is 23.2 Å². The van der Waals surface area contributed by atoms with Crippen molar-refractivity contribution in [1.29, 1.82) is 0 Å². The van der Waals surface area contributed by atoms with Gasteiger partial charge in [-0.1, -0.05) is 35.9 Å². The molecule has 3 nitrogen and oxygen atoms in total. The number of aromatic nitrogens is 1. The van der Waals surface area contributed by atoms with E-state index < -0.39 is 0 Å². The Morgan fingerprint density at radius 3 is 2.33 bits per heavy atom. The molecule has 0 aliphatic carbocycles. The van der Waals surface area contributed by atoms with Gasteiger partial charge in [0.05, 0.1) is 6.54 Å². The first-order valence-electron chi connectivity index (χ1n) is 7.67. The highest BCUT2D eigenvalue weighted by Gasteiger charge is 2.19. The van der Waals surface area contributed by atoms with E-state index in [4.69, 9.17) is 0 Å². The van der Waals surface area contributed by atoms with E-state index in [0.29, 0.717) is 17.9 Å². The number of benzene rings is 2. The summed E-state index contributed by atoms with van der Waals surface area (Å²) in [5.41, 5.74) is 2.59. The maximum atomic E-state index is 13.1. The molecule has 0 saturated carbocycles. The molecular weight excluding hydrogens is 303 g/mol. The van der Waals surface area contributed by atoms with Crippen LogP contribution in [-0.2, 0) is 6.54 Å². The highest BCUT2D eigenvalue weighted by molar-refractivity contribution is 6.05. The van der Waals surface area contributed by atoms with Gasteiger partial charge in [-0.3, -0.25) is 9.69 Å². The fourth-order valence-electron chi connectivity index (χ4n) is 2.39. The molecule has 0 aliphatic heterocycles. The molecule has 0 radical (unpaired) electrons. The van der Waals surface area contributed by atoms with Gasteiger partial charge in [0, 0.05) is 11.8 Å². The second-order valence-corrected chi connectivity index (χ2v) is 5.57. The normalized spacial score (nSPS) is 10.4. The van der Waals surface area contributed by atoms with Gasteiger partial charge in [0.1, 0.15) is 11.6 Å². The van der Waals surface area contributed by atoms with Gasteiger partial charge in [0.2, 0.25) is 0 Å². The zero-order valence-corrected chi connectivity index (χ0v) is 13.3. The SMILES string of the molecule is Cc1ccc(CN(C(=O)c2ccc(F)cc2)c2ccccn2)cc1. The number of carbonyl (C=O) groups excluding carboxylic acids is 1. The van der Waals surface area contributed by atoms with Crippen LogP contribution >= 0.6 is 0 Å². The number of aryl methyl sites for hydroxylation is 1. The molecule has 1 aromatic heterocycles. The monoisotopic (exact) mass is 320 g/mol. The fraction of sp³-hybridized carbons (Fsp3) is 0.100. The smallest absolute Gasteiger partial charge is 0.259 e. The molecule has 0 spiro atoms. The van der Waals surface area contributed by atoms with E-state index in [1.165, 1.54) is 24.3 Å². The number of hydrogen-bond donors (Lipinski definition) is 0. The topological polar surface area (TPSA) is 33.2 Å². The molecule has 0 N–H and O–H groups in total. The summed E-state index contributed by atoms with van der Waals surface area (Å²) in [6.45, 7) is 2.41. The summed E-state index contributed by atoms with van der Waals surface area (Å²) in [5.74, 6) is -0.0175. The first-order chi connectivity index (χ1) is 11.6. The van der Waals surface area contributed by atoms with Crippen LogP contribution in [0.2, 0.25) is 0 Å². The number of hydrogen-bond acceptors (Lipinski definition) is 2. The first kappa shape index (κ1) is 15.9. The Balaban J connectivity index is 1.94. The van der Waals surface area contributed by atoms with Crippen molar-refractivity contribution in [3.05, 3.63) is 95.4 Å². The van der Waals surface area contributed by atoms with Crippen molar-refractivity contribution in [3.63, 3.8) is 0 Å². The quantitative estimate of drug-likeness (QED) is 0.715. The Morgan fingerprint density at radius 2 is 1.71 bits per heavy atom. The molecule has 3 rings (SSSR count). The molecule has 3 aromatic rings. The number of amides is 1. The largest absolute Gasteiger partial charge is 0.288 e. The summed E-state index contributed by atoms with van der Waals surface area (Å²) >= 11 is 0. The average Bonchev–Trinajstić information content (AvgIpc) is 2.62. The Kier molecular flexibility index (Phi) is 4.66. The van der Waals surface area contributed by atoms with Crippen LogP contribution in [0.1, 0.15) is 21.5 Å². The molecule has 0 saturated heterocycles. The molecule has 1 heterocycles. The van der Waals surface area contributed by atoms with Gasteiger partial charge in [-0.05, 0) is 48.9 Å². The third-order valence-electron chi connectivity index (χ3n) is 3.72. The first-order valence-corrected chi connectivity index (χ1v) is 7.67. The predicted molar refractivity (Wildman–Crippen MR) is 92.3 cm³/mol. The zero-order chi connectivity index (χ0) is 16.9. The van der Waals surface area contributed by atoms with Crippen LogP contribution in [0.5, 0.6) is 0 Å². The number of nitrogens with zero attached hydrogens (tertiary/aromatic N) is 2. The van der Waals surface area contributed by atoms with E-state index >= 15 is 0 Å². The van der Waals surface area contributed by atoms with Gasteiger partial charge in [0.15, 0.2) is 0 Å². The Morgan fingerprint density at radius 1 is 1.00 bits per heavy atom. The van der Waals surface area contributed by atoms with Crippen LogP contribution in [0.3, 0.4) is 0 Å². The number of pyridine rings is 1. The van der Waals surface area contributed by atoms with Gasteiger partial charge in [-0.25, -0.2) is 9.37 Å². The Labute approximate surface area is 140 Å². The number of halogens is 1. The van der Waals surface area contributed by atoms with Crippen molar-refractivity contribution in [2.45, 2.75) is 13.5 Å². The fourth-order valence-corrected chi connectivity index (χ4v) is 2.39. The van der Waals surface area contributed by atoms with Gasteiger partial charge in [-0.15, -0.1) is 0 Å². The zero-order valence-electron chi connectivity index (χ0n) is 13.3. The molecule has 0 fully saturated rings. The molecule has 0 unspecified atom stereocenters. The van der Waals surface area contributed by atoms with E-state index in [0.717, 1.165) is 11.1 Å². The van der Waals surface area contributed by atoms with Crippen LogP contribution < -0.4 is 4.90 Å². The van der Waals surface area contributed by atoms with Gasteiger partial charge < -0.3 is 0 Å². The Bertz CT molecular complexity index is 815. The molecule has 4 heteroatoms. The van der Waals surface area contributed by atoms with Crippen molar-refractivity contribution >= 4 is 11.7 Å². The minimum atomic E-state index is -0.366. The summed E-state index contributed by atoms with van der Waals surface area (Å²) in [6, 6.07) is 19.0. The average molecular weight is 320 g/mol. The maximum Gasteiger partial charge on any atom is 0.259 e. The van der Waals surface area contributed by atoms with Crippen LogP contribution in [-0.4, -0.2) is 10.9 Å². The Hall–Kier alpha value is -3.01. The van der Waals surface area contributed by atoms with Crippen LogP contribution in [0, 0.1) is 12.7 Å². The van der Waals surface area contributed by atoms with Crippen molar-refractivity contribution in [2.24, 2.45) is 0 Å². The summed E-state index contributed by atoms with van der Waals surface area (Å²) in [5, 5.41) is 0. The number of rotatable bonds is 4. The molecule has 1 amide bonds. The van der Waals surface area contributed by atoms with E-state index in [1.807, 2.05) is 37.3 Å². The maximum absolute atomic E-state index is 13.1. The summed E-state index contributed by atoms with van der Waals surface area (Å²) < 4.78 is 13.1. The van der Waals surface area contributed by atoms with Gasteiger partial charge in [0.25, 0.3) is 5.91 Å². The molecular formula is C20H17FN2O. The van der Waals surface area contributed by atoms with Crippen molar-refractivity contribution in [2.75, 3.05) is 4.90 Å². The highest BCUT2D eigenvalue weighted by atomic mass is 19.1. The number of carbonyl (C=O) groups is 1. The minimum Gasteiger partial charge on any atom is -0.288 e. The van der Waals surface area contributed by atoms with Gasteiger partial charge >= 0.3 is 0 Å². The lowest BCUT2D eigenvalue weighted by molar-refractivity contribution is 0.0984. The lowest BCUT2D eigenvalue weighted by atomic mass is 10.1. The third kappa shape index (κ3) is 3.66. The van der Waals surface area contributed by atoms with Crippen molar-refractivity contribution in [1.82, 2.24) is 4.98 Å². The second kappa shape index (κ2) is 7.04. The van der Waals surface area contributed by atoms with E-state index in [-0.39, 0.29) is 11.7 Å². The van der Waals surface area contributed by atoms with E-state index in [9.17, 15) is 9.18 Å². The van der Waals surface area contributed by atoms with Gasteiger partial charge in [-0.2, -0.15) is 0 Å². The van der Waals surface area contributed by atoms with Crippen molar-refractivity contribution < 1.29 is 9.18 Å². The lowest BCUT2D eigenvalue weighted by Crippen LogP contribution is -2.31. The molecule has 24 heavy (non-hydrogen) atoms. The molecule has 120 valence electrons. The summed E-state index contributed by atoms with van der Waals surface area (Å²) in [7, 11) is 0. The summed E-state index contributed by atoms with van der Waals surface area (Å²) in [6.07, 6.45) is 1.65. The molecule has 0 atom stereocenters. The standard InChI is InChI=1S/C20H17FN2O/c1-15-5-7-16(8-6-15)14-23(19-4-2-3-13-22-19)20(24)17-9-11-18(21)12-10-17/h2-13H,14H2,1H3. The molecule has 0 aliphatic rings. The molecule has 2 aromatic carbocycles. The van der Waals surface area contributed by atoms with E-state index in [2.05, 4.69) is 4.98 Å². The van der Waals surface area contributed by atoms with Crippen LogP contribution in [0.15, 0.2) is 72.9 Å². The second-order valence-electron chi connectivity index (χ2n) is 5.57. The lowest BCUT2D eigenvalue weighted by Gasteiger charge is -2.22. The van der Waals surface area contributed by atoms with Crippen molar-refractivity contribution in [3.8, 4) is 0 Å². The van der Waals surface area contributed by atoms with Crippen LogP contribution in [0.4, 0.5) is 10.2 Å². The predicted octanol–water partition coefficient (Wildman–Crippen LogP) is 4.38. The number of anilines is 1. The summed E-state index contributed by atoms with van der Waals surface area (Å²) in [4.78, 5) is 18.8. The van der Waals surface area contributed by atoms with Crippen LogP contribution in [0.25, 0.3) is 0 Å². The third-order valence-corrected chi connectivity index (χ3v) is 3.72. The minimum absolute atomic E-state index is 0.214.